The minimum Gasteiger partial charge on any atom is -0.496 e. The van der Waals surface area contributed by atoms with E-state index in [4.69, 9.17) is 16.3 Å². The van der Waals surface area contributed by atoms with E-state index < -0.39 is 17.3 Å². The van der Waals surface area contributed by atoms with Crippen molar-refractivity contribution in [1.82, 2.24) is 4.90 Å². The molecule has 2 rings (SSSR count). The topological polar surface area (TPSA) is 45.1 Å². The highest BCUT2D eigenvalue weighted by atomic mass is 35.5. The Kier molecular flexibility index (Phi) is 6.38. The van der Waals surface area contributed by atoms with Gasteiger partial charge < -0.3 is 14.7 Å². The number of halogens is 4. The van der Waals surface area contributed by atoms with Crippen molar-refractivity contribution < 1.29 is 23.0 Å². The smallest absolute Gasteiger partial charge is 0.425 e. The maximum Gasteiger partial charge on any atom is 0.425 e. The molecule has 0 saturated carbocycles. The van der Waals surface area contributed by atoms with E-state index in [1.807, 2.05) is 6.92 Å². The van der Waals surface area contributed by atoms with Crippen LogP contribution in [0.2, 0.25) is 5.02 Å². The van der Waals surface area contributed by atoms with E-state index >= 15 is 0 Å². The second kappa shape index (κ2) is 8.19. The van der Waals surface area contributed by atoms with Gasteiger partial charge in [0.2, 0.25) is 5.60 Å². The Hall–Kier alpha value is -2.25. The van der Waals surface area contributed by atoms with Gasteiger partial charge in [-0.3, -0.25) is 0 Å². The number of aliphatic hydroxyl groups is 1. The molecule has 0 aliphatic rings. The Bertz CT molecular complexity index is 813. The molecule has 0 fully saturated rings. The van der Waals surface area contributed by atoms with E-state index in [9.17, 15) is 18.3 Å². The van der Waals surface area contributed by atoms with Crippen LogP contribution >= 0.6 is 11.6 Å². The molecule has 0 amide bonds. The highest BCUT2D eigenvalue weighted by molar-refractivity contribution is 6.33. The molecule has 1 unspecified atom stereocenters. The van der Waals surface area contributed by atoms with E-state index in [1.165, 1.54) is 43.8 Å². The molecule has 1 atom stereocenters. The van der Waals surface area contributed by atoms with Gasteiger partial charge in [-0.2, -0.15) is 13.2 Å². The Morgan fingerprint density at radius 2 is 1.85 bits per heavy atom. The zero-order valence-corrected chi connectivity index (χ0v) is 15.8. The summed E-state index contributed by atoms with van der Waals surface area (Å²) in [5.74, 6) is -0.172. The molecule has 27 heavy (non-hydrogen) atoms. The molecule has 0 aliphatic heterocycles. The van der Waals surface area contributed by atoms with Gasteiger partial charge in [-0.25, -0.2) is 4.99 Å². The van der Waals surface area contributed by atoms with Crippen LogP contribution in [0.25, 0.3) is 0 Å². The molecule has 4 nitrogen and oxygen atoms in total. The highest BCUT2D eigenvalue weighted by Gasteiger charge is 2.57. The van der Waals surface area contributed by atoms with E-state index in [1.54, 1.807) is 18.0 Å². The van der Waals surface area contributed by atoms with Gasteiger partial charge in [0.25, 0.3) is 0 Å². The van der Waals surface area contributed by atoms with Gasteiger partial charge in [-0.15, -0.1) is 0 Å². The first-order chi connectivity index (χ1) is 12.6. The van der Waals surface area contributed by atoms with Crippen LogP contribution in [0.5, 0.6) is 5.75 Å². The van der Waals surface area contributed by atoms with E-state index in [-0.39, 0.29) is 22.0 Å². The summed E-state index contributed by atoms with van der Waals surface area (Å²) in [5, 5.41) is 10.7. The lowest BCUT2D eigenvalue weighted by atomic mass is 9.85. The fourth-order valence-corrected chi connectivity index (χ4v) is 2.70. The van der Waals surface area contributed by atoms with Crippen molar-refractivity contribution in [3.05, 3.63) is 58.6 Å². The van der Waals surface area contributed by atoms with Crippen LogP contribution in [-0.4, -0.2) is 43.2 Å². The Labute approximate surface area is 160 Å². The minimum absolute atomic E-state index is 0.0369. The van der Waals surface area contributed by atoms with Gasteiger partial charge in [-0.1, -0.05) is 41.9 Å². The molecule has 0 bridgehead atoms. The molecule has 0 saturated heterocycles. The standard InChI is InChI=1S/C19H20ClF3N2O2/c1-4-25(2)12-24-16-11-17(27-3)14(10-15(16)20)18(26,19(21,22)23)13-8-6-5-7-9-13/h5-12,26H,4H2,1-3H3. The van der Waals surface area contributed by atoms with Crippen LogP contribution in [0.4, 0.5) is 18.9 Å². The van der Waals surface area contributed by atoms with Crippen LogP contribution in [0.1, 0.15) is 18.1 Å². The molecular formula is C19H20ClF3N2O2. The van der Waals surface area contributed by atoms with E-state index in [0.717, 1.165) is 6.07 Å². The number of benzene rings is 2. The molecule has 2 aromatic carbocycles. The lowest BCUT2D eigenvalue weighted by Crippen LogP contribution is -2.43. The second-order valence-electron chi connectivity index (χ2n) is 5.90. The highest BCUT2D eigenvalue weighted by Crippen LogP contribution is 2.49. The summed E-state index contributed by atoms with van der Waals surface area (Å²) >= 11 is 6.16. The molecule has 0 aliphatic carbocycles. The molecule has 1 N–H and O–H groups in total. The van der Waals surface area contributed by atoms with Crippen LogP contribution in [-0.2, 0) is 5.60 Å². The monoisotopic (exact) mass is 400 g/mol. The number of alkyl halides is 3. The number of hydrogen-bond donors (Lipinski definition) is 1. The zero-order valence-electron chi connectivity index (χ0n) is 15.1. The molecule has 0 radical (unpaired) electrons. The van der Waals surface area contributed by atoms with Gasteiger partial charge in [0, 0.05) is 25.2 Å². The molecule has 0 spiro atoms. The zero-order chi connectivity index (χ0) is 20.2. The van der Waals surface area contributed by atoms with Crippen molar-refractivity contribution in [2.45, 2.75) is 18.7 Å². The molecule has 2 aromatic rings. The lowest BCUT2D eigenvalue weighted by molar-refractivity contribution is -0.248. The molecular weight excluding hydrogens is 381 g/mol. The van der Waals surface area contributed by atoms with Gasteiger partial charge in [-0.05, 0) is 18.6 Å². The summed E-state index contributed by atoms with van der Waals surface area (Å²) in [6, 6.07) is 9.11. The summed E-state index contributed by atoms with van der Waals surface area (Å²) < 4.78 is 46.9. The first-order valence-corrected chi connectivity index (χ1v) is 8.50. The maximum atomic E-state index is 13.9. The second-order valence-corrected chi connectivity index (χ2v) is 6.30. The lowest BCUT2D eigenvalue weighted by Gasteiger charge is -2.32. The molecule has 146 valence electrons. The Morgan fingerprint density at radius 3 is 2.37 bits per heavy atom. The van der Waals surface area contributed by atoms with Gasteiger partial charge in [0.05, 0.1) is 24.2 Å². The average molecular weight is 401 g/mol. The third-order valence-electron chi connectivity index (χ3n) is 4.15. The van der Waals surface area contributed by atoms with Crippen molar-refractivity contribution in [1.29, 1.82) is 0 Å². The third-order valence-corrected chi connectivity index (χ3v) is 4.46. The van der Waals surface area contributed by atoms with Crippen molar-refractivity contribution in [2.75, 3.05) is 20.7 Å². The largest absolute Gasteiger partial charge is 0.496 e. The van der Waals surface area contributed by atoms with E-state index in [0.29, 0.717) is 6.54 Å². The van der Waals surface area contributed by atoms with Crippen LogP contribution in [0.3, 0.4) is 0 Å². The number of aliphatic imine (C=N–C) groups is 1. The predicted molar refractivity (Wildman–Crippen MR) is 100.0 cm³/mol. The third kappa shape index (κ3) is 4.20. The summed E-state index contributed by atoms with van der Waals surface area (Å²) in [4.78, 5) is 5.94. The minimum atomic E-state index is -5.00. The van der Waals surface area contributed by atoms with Crippen molar-refractivity contribution in [3.8, 4) is 5.75 Å². The Balaban J connectivity index is 2.68. The molecule has 8 heteroatoms. The normalized spacial score (nSPS) is 14.2. The quantitative estimate of drug-likeness (QED) is 0.561. The van der Waals surface area contributed by atoms with E-state index in [2.05, 4.69) is 4.99 Å². The number of ether oxygens (including phenoxy) is 1. The number of methoxy groups -OCH3 is 1. The Morgan fingerprint density at radius 1 is 1.22 bits per heavy atom. The van der Waals surface area contributed by atoms with Gasteiger partial charge in [0.1, 0.15) is 5.75 Å². The van der Waals surface area contributed by atoms with Crippen LogP contribution in [0, 0.1) is 0 Å². The fraction of sp³-hybridized carbons (Fsp3) is 0.316. The summed E-state index contributed by atoms with van der Waals surface area (Å²) in [6.07, 6.45) is -3.49. The average Bonchev–Trinajstić information content (AvgIpc) is 2.65. The molecule has 0 aromatic heterocycles. The SMILES string of the molecule is CCN(C)C=Nc1cc(OC)c(C(O)(c2ccccc2)C(F)(F)F)cc1Cl. The number of hydrogen-bond acceptors (Lipinski definition) is 3. The maximum absolute atomic E-state index is 13.9. The number of nitrogens with zero attached hydrogens (tertiary/aromatic N) is 2. The van der Waals surface area contributed by atoms with Crippen LogP contribution < -0.4 is 4.74 Å². The van der Waals surface area contributed by atoms with Gasteiger partial charge in [0.15, 0.2) is 0 Å². The van der Waals surface area contributed by atoms with Crippen molar-refractivity contribution in [3.63, 3.8) is 0 Å². The summed E-state index contributed by atoms with van der Waals surface area (Å²) in [7, 11) is 3.01. The number of rotatable bonds is 6. The van der Waals surface area contributed by atoms with Crippen molar-refractivity contribution in [2.24, 2.45) is 4.99 Å². The van der Waals surface area contributed by atoms with Crippen LogP contribution in [0.15, 0.2) is 47.5 Å². The first-order valence-electron chi connectivity index (χ1n) is 8.12. The summed E-state index contributed by atoms with van der Waals surface area (Å²) in [6.45, 7) is 2.61. The first kappa shape index (κ1) is 21.1. The molecule has 0 heterocycles. The predicted octanol–water partition coefficient (Wildman–Crippen LogP) is 4.76. The van der Waals surface area contributed by atoms with Gasteiger partial charge >= 0.3 is 6.18 Å². The fourth-order valence-electron chi connectivity index (χ4n) is 2.49. The summed E-state index contributed by atoms with van der Waals surface area (Å²) in [5.41, 5.74) is -3.90. The van der Waals surface area contributed by atoms with Crippen molar-refractivity contribution >= 4 is 23.6 Å².